The summed E-state index contributed by atoms with van der Waals surface area (Å²) in [5, 5.41) is 11.6. The molecule has 1 atom stereocenters. The van der Waals surface area contributed by atoms with E-state index in [1.54, 1.807) is 6.92 Å². The van der Waals surface area contributed by atoms with Crippen molar-refractivity contribution in [3.05, 3.63) is 24.3 Å². The molecular weight excluding hydrogens is 278 g/mol. The Labute approximate surface area is 120 Å². The van der Waals surface area contributed by atoms with E-state index in [1.165, 1.54) is 16.4 Å². The fourth-order valence-electron chi connectivity index (χ4n) is 1.53. The van der Waals surface area contributed by atoms with Crippen LogP contribution in [0.15, 0.2) is 29.4 Å². The second-order valence-electron chi connectivity index (χ2n) is 3.94. The first-order chi connectivity index (χ1) is 9.63. The van der Waals surface area contributed by atoms with Gasteiger partial charge in [0.05, 0.1) is 11.9 Å². The second kappa shape index (κ2) is 6.38. The van der Waals surface area contributed by atoms with E-state index < -0.39 is 11.2 Å². The van der Waals surface area contributed by atoms with E-state index >= 15 is 0 Å². The lowest BCUT2D eigenvalue weighted by Gasteiger charge is -2.11. The highest BCUT2D eigenvalue weighted by atomic mass is 32.2. The Morgan fingerprint density at radius 2 is 2.25 bits per heavy atom. The van der Waals surface area contributed by atoms with Crippen LogP contribution in [-0.2, 0) is 4.79 Å². The van der Waals surface area contributed by atoms with Crippen LogP contribution in [-0.4, -0.2) is 38.0 Å². The molecule has 2 rings (SSSR count). The molecular formula is C12H15N5O2S. The molecule has 7 nitrogen and oxygen atoms in total. The van der Waals surface area contributed by atoms with Crippen LogP contribution in [0.5, 0.6) is 5.75 Å². The summed E-state index contributed by atoms with van der Waals surface area (Å²) in [6.45, 7) is 4.15. The Bertz CT molecular complexity index is 601. The lowest BCUT2D eigenvalue weighted by molar-refractivity contribution is -0.117. The number of benzene rings is 1. The largest absolute Gasteiger partial charge is 0.492 e. The maximum atomic E-state index is 11.1. The van der Waals surface area contributed by atoms with Crippen molar-refractivity contribution in [2.75, 3.05) is 6.61 Å². The SMILES string of the molecule is CCOc1ccccc1-n1nnnc1S[C@H](C)C(N)=O. The van der Waals surface area contributed by atoms with E-state index in [4.69, 9.17) is 10.5 Å². The van der Waals surface area contributed by atoms with E-state index in [0.29, 0.717) is 17.5 Å². The van der Waals surface area contributed by atoms with E-state index in [1.807, 2.05) is 31.2 Å². The van der Waals surface area contributed by atoms with Crippen molar-refractivity contribution in [1.29, 1.82) is 0 Å². The summed E-state index contributed by atoms with van der Waals surface area (Å²) in [5.41, 5.74) is 5.98. The Balaban J connectivity index is 2.34. The number of amides is 1. The number of primary amides is 1. The molecule has 2 N–H and O–H groups in total. The Hall–Kier alpha value is -2.09. The normalized spacial score (nSPS) is 12.1. The third-order valence-electron chi connectivity index (χ3n) is 2.52. The van der Waals surface area contributed by atoms with Gasteiger partial charge in [-0.25, -0.2) is 0 Å². The summed E-state index contributed by atoms with van der Waals surface area (Å²) in [5.74, 6) is 0.263. The minimum absolute atomic E-state index is 0.414. The van der Waals surface area contributed by atoms with Crippen molar-refractivity contribution in [3.8, 4) is 11.4 Å². The molecule has 106 valence electrons. The fraction of sp³-hybridized carbons (Fsp3) is 0.333. The van der Waals surface area contributed by atoms with Crippen molar-refractivity contribution in [2.45, 2.75) is 24.3 Å². The van der Waals surface area contributed by atoms with E-state index in [2.05, 4.69) is 15.5 Å². The quantitative estimate of drug-likeness (QED) is 0.799. The molecule has 0 aliphatic carbocycles. The van der Waals surface area contributed by atoms with Crippen LogP contribution < -0.4 is 10.5 Å². The first kappa shape index (κ1) is 14.3. The minimum atomic E-state index is -0.418. The molecule has 0 spiro atoms. The molecule has 1 heterocycles. The maximum Gasteiger partial charge on any atom is 0.230 e. The fourth-order valence-corrected chi connectivity index (χ4v) is 2.28. The third-order valence-corrected chi connectivity index (χ3v) is 3.57. The molecule has 0 unspecified atom stereocenters. The summed E-state index contributed by atoms with van der Waals surface area (Å²) in [4.78, 5) is 11.1. The highest BCUT2D eigenvalue weighted by Crippen LogP contribution is 2.27. The molecule has 8 heteroatoms. The summed E-state index contributed by atoms with van der Waals surface area (Å²) >= 11 is 1.20. The second-order valence-corrected chi connectivity index (χ2v) is 5.24. The van der Waals surface area contributed by atoms with Gasteiger partial charge < -0.3 is 10.5 Å². The van der Waals surface area contributed by atoms with Crippen LogP contribution >= 0.6 is 11.8 Å². The smallest absolute Gasteiger partial charge is 0.230 e. The van der Waals surface area contributed by atoms with Gasteiger partial charge >= 0.3 is 0 Å². The van der Waals surface area contributed by atoms with Crippen LogP contribution in [0.4, 0.5) is 0 Å². The van der Waals surface area contributed by atoms with Gasteiger partial charge in [0.25, 0.3) is 0 Å². The highest BCUT2D eigenvalue weighted by molar-refractivity contribution is 8.00. The molecule has 1 aromatic heterocycles. The Morgan fingerprint density at radius 3 is 2.95 bits per heavy atom. The number of hydrogen-bond acceptors (Lipinski definition) is 6. The van der Waals surface area contributed by atoms with E-state index in [-0.39, 0.29) is 0 Å². The Kier molecular flexibility index (Phi) is 4.57. The molecule has 0 aliphatic rings. The molecule has 20 heavy (non-hydrogen) atoms. The summed E-state index contributed by atoms with van der Waals surface area (Å²) in [6.07, 6.45) is 0. The number of carbonyl (C=O) groups is 1. The number of aromatic nitrogens is 4. The number of hydrogen-bond donors (Lipinski definition) is 1. The van der Waals surface area contributed by atoms with Gasteiger partial charge in [0.2, 0.25) is 11.1 Å². The van der Waals surface area contributed by atoms with Crippen LogP contribution in [0.25, 0.3) is 5.69 Å². The number of carbonyl (C=O) groups excluding carboxylic acids is 1. The molecule has 0 radical (unpaired) electrons. The average Bonchev–Trinajstić information content (AvgIpc) is 2.87. The number of para-hydroxylation sites is 2. The predicted octanol–water partition coefficient (Wildman–Crippen LogP) is 1.03. The first-order valence-corrected chi connectivity index (χ1v) is 6.98. The van der Waals surface area contributed by atoms with Gasteiger partial charge in [-0.15, -0.1) is 5.10 Å². The van der Waals surface area contributed by atoms with Gasteiger partial charge in [-0.1, -0.05) is 23.9 Å². The summed E-state index contributed by atoms with van der Waals surface area (Å²) in [6, 6.07) is 7.43. The average molecular weight is 293 g/mol. The molecule has 0 aliphatic heterocycles. The zero-order chi connectivity index (χ0) is 14.5. The number of thioether (sulfide) groups is 1. The number of tetrazole rings is 1. The number of rotatable bonds is 6. The van der Waals surface area contributed by atoms with Crippen molar-refractivity contribution in [2.24, 2.45) is 5.73 Å². The third kappa shape index (κ3) is 3.08. The van der Waals surface area contributed by atoms with Gasteiger partial charge in [0, 0.05) is 0 Å². The van der Waals surface area contributed by atoms with Gasteiger partial charge in [-0.05, 0) is 36.4 Å². The van der Waals surface area contributed by atoms with Gasteiger partial charge in [0.1, 0.15) is 11.4 Å². The number of nitrogens with zero attached hydrogens (tertiary/aromatic N) is 4. The van der Waals surface area contributed by atoms with Crippen molar-refractivity contribution in [3.63, 3.8) is 0 Å². The Morgan fingerprint density at radius 1 is 1.50 bits per heavy atom. The van der Waals surface area contributed by atoms with Gasteiger partial charge in [0.15, 0.2) is 0 Å². The zero-order valence-electron chi connectivity index (χ0n) is 11.2. The topological polar surface area (TPSA) is 95.9 Å². The summed E-state index contributed by atoms with van der Waals surface area (Å²) < 4.78 is 7.09. The van der Waals surface area contributed by atoms with Crippen LogP contribution in [0.2, 0.25) is 0 Å². The standard InChI is InChI=1S/C12H15N5O2S/c1-3-19-10-7-5-4-6-9(10)17-12(14-15-16-17)20-8(2)11(13)18/h4-8H,3H2,1-2H3,(H2,13,18)/t8-/m1/s1. The first-order valence-electron chi connectivity index (χ1n) is 6.10. The molecule has 1 aromatic carbocycles. The number of ether oxygens (including phenoxy) is 1. The highest BCUT2D eigenvalue weighted by Gasteiger charge is 2.18. The molecule has 1 amide bonds. The molecule has 0 saturated carbocycles. The van der Waals surface area contributed by atoms with Crippen LogP contribution in [0.3, 0.4) is 0 Å². The molecule has 0 saturated heterocycles. The van der Waals surface area contributed by atoms with Gasteiger partial charge in [-0.2, -0.15) is 4.68 Å². The lowest BCUT2D eigenvalue weighted by atomic mass is 10.3. The van der Waals surface area contributed by atoms with E-state index in [9.17, 15) is 4.79 Å². The van der Waals surface area contributed by atoms with Crippen molar-refractivity contribution in [1.82, 2.24) is 20.2 Å². The van der Waals surface area contributed by atoms with Crippen molar-refractivity contribution < 1.29 is 9.53 Å². The van der Waals surface area contributed by atoms with Crippen LogP contribution in [0.1, 0.15) is 13.8 Å². The summed E-state index contributed by atoms with van der Waals surface area (Å²) in [7, 11) is 0. The maximum absolute atomic E-state index is 11.1. The monoisotopic (exact) mass is 293 g/mol. The number of nitrogens with two attached hydrogens (primary N) is 1. The van der Waals surface area contributed by atoms with Gasteiger partial charge in [-0.3, -0.25) is 4.79 Å². The molecule has 2 aromatic rings. The van der Waals surface area contributed by atoms with Crippen LogP contribution in [0, 0.1) is 0 Å². The zero-order valence-corrected chi connectivity index (χ0v) is 12.0. The van der Waals surface area contributed by atoms with Crippen molar-refractivity contribution >= 4 is 17.7 Å². The lowest BCUT2D eigenvalue weighted by Crippen LogP contribution is -2.23. The minimum Gasteiger partial charge on any atom is -0.492 e. The predicted molar refractivity (Wildman–Crippen MR) is 74.8 cm³/mol. The molecule has 0 bridgehead atoms. The molecule has 0 fully saturated rings. The van der Waals surface area contributed by atoms with E-state index in [0.717, 1.165) is 5.69 Å².